The van der Waals surface area contributed by atoms with Crippen LogP contribution in [-0.2, 0) is 17.8 Å². The quantitative estimate of drug-likeness (QED) is 0.388. The second-order valence-corrected chi connectivity index (χ2v) is 13.6. The number of piperazine rings is 1. The van der Waals surface area contributed by atoms with E-state index in [1.54, 1.807) is 35.4 Å². The average molecular weight is 656 g/mol. The van der Waals surface area contributed by atoms with E-state index in [0.717, 1.165) is 0 Å². The van der Waals surface area contributed by atoms with Gasteiger partial charge in [-0.1, -0.05) is 6.92 Å². The normalized spacial score (nSPS) is 26.2. The number of aromatic nitrogens is 5. The molecule has 2 N–H and O–H groups in total. The number of rotatable bonds is 7. The number of halogens is 3. The van der Waals surface area contributed by atoms with Crippen LogP contribution in [0.25, 0.3) is 11.2 Å². The van der Waals surface area contributed by atoms with Gasteiger partial charge in [0.2, 0.25) is 11.3 Å². The first-order valence-corrected chi connectivity index (χ1v) is 15.7. The number of carbonyl (C=O) groups is 2. The molecule has 0 radical (unpaired) electrons. The first-order chi connectivity index (χ1) is 22.2. The molecule has 0 unspecified atom stereocenters. The van der Waals surface area contributed by atoms with Gasteiger partial charge in [-0.25, -0.2) is 19.9 Å². The number of anilines is 2. The van der Waals surface area contributed by atoms with E-state index in [-0.39, 0.29) is 72.5 Å². The highest BCUT2D eigenvalue weighted by atomic mass is 19.4. The fourth-order valence-electron chi connectivity index (χ4n) is 7.99. The summed E-state index contributed by atoms with van der Waals surface area (Å²) >= 11 is 0. The molecule has 13 nitrogen and oxygen atoms in total. The van der Waals surface area contributed by atoms with Crippen LogP contribution in [0.15, 0.2) is 17.3 Å². The van der Waals surface area contributed by atoms with Crippen molar-refractivity contribution in [2.75, 3.05) is 37.0 Å². The molecule has 16 heteroatoms. The minimum Gasteiger partial charge on any atom is -0.504 e. The van der Waals surface area contributed by atoms with Crippen LogP contribution in [-0.4, -0.2) is 97.3 Å². The molecule has 0 spiro atoms. The SMILES string of the molecule is CCc1c(N2CCN(C(=O)c3ncnc(C)c3O)[C@H]3CC[C@@H]32)c(=O)c2nc(N(C)C)cnc2n1CC(=O)NC12CC(C(F)(F)F)(C1)C2. The van der Waals surface area contributed by atoms with Gasteiger partial charge in [-0.15, -0.1) is 0 Å². The summed E-state index contributed by atoms with van der Waals surface area (Å²) in [5.41, 5.74) is -1.44. The van der Waals surface area contributed by atoms with E-state index in [0.29, 0.717) is 48.7 Å². The van der Waals surface area contributed by atoms with E-state index in [1.807, 2.05) is 11.8 Å². The predicted octanol–water partition coefficient (Wildman–Crippen LogP) is 2.32. The molecule has 3 aromatic heterocycles. The third-order valence-corrected chi connectivity index (χ3v) is 10.5. The smallest absolute Gasteiger partial charge is 0.394 e. The Bertz CT molecular complexity index is 1860. The van der Waals surface area contributed by atoms with Crippen molar-refractivity contribution < 1.29 is 27.9 Å². The van der Waals surface area contributed by atoms with Crippen molar-refractivity contribution in [1.82, 2.24) is 34.7 Å². The zero-order valence-electron chi connectivity index (χ0n) is 26.6. The topological polar surface area (TPSA) is 150 Å². The summed E-state index contributed by atoms with van der Waals surface area (Å²) in [6.07, 6.45) is -0.169. The highest BCUT2D eigenvalue weighted by Gasteiger charge is 2.79. The van der Waals surface area contributed by atoms with E-state index in [4.69, 9.17) is 0 Å². The summed E-state index contributed by atoms with van der Waals surface area (Å²) in [6.45, 7) is 3.78. The fourth-order valence-corrected chi connectivity index (χ4v) is 7.99. The summed E-state index contributed by atoms with van der Waals surface area (Å²) in [7, 11) is 3.54. The van der Waals surface area contributed by atoms with Crippen LogP contribution in [0.3, 0.4) is 0 Å². The van der Waals surface area contributed by atoms with E-state index in [1.165, 1.54) is 12.5 Å². The van der Waals surface area contributed by atoms with Crippen molar-refractivity contribution in [2.45, 2.75) is 82.7 Å². The van der Waals surface area contributed by atoms with Crippen molar-refractivity contribution in [2.24, 2.45) is 5.41 Å². The third-order valence-electron chi connectivity index (χ3n) is 10.5. The Labute approximate surface area is 267 Å². The van der Waals surface area contributed by atoms with Gasteiger partial charge in [0, 0.05) is 44.5 Å². The molecule has 2 bridgehead atoms. The number of amides is 2. The van der Waals surface area contributed by atoms with E-state index >= 15 is 0 Å². The largest absolute Gasteiger partial charge is 0.504 e. The summed E-state index contributed by atoms with van der Waals surface area (Å²) in [5.74, 6) is -0.680. The molecule has 1 saturated heterocycles. The van der Waals surface area contributed by atoms with E-state index < -0.39 is 28.9 Å². The molecule has 8 rings (SSSR count). The number of aromatic hydroxyl groups is 1. The Kier molecular flexibility index (Phi) is 6.95. The molecule has 5 aliphatic rings. The van der Waals surface area contributed by atoms with Crippen LogP contribution in [0, 0.1) is 12.3 Å². The van der Waals surface area contributed by atoms with Gasteiger partial charge in [0.25, 0.3) is 5.91 Å². The van der Waals surface area contributed by atoms with Crippen LogP contribution in [0.5, 0.6) is 5.75 Å². The van der Waals surface area contributed by atoms with Gasteiger partial charge in [-0.2, -0.15) is 13.2 Å². The molecular weight excluding hydrogens is 619 g/mol. The maximum Gasteiger partial charge on any atom is 0.394 e. The Hall–Kier alpha value is -4.50. The number of carbonyl (C=O) groups excluding carboxylic acids is 2. The molecule has 3 aromatic rings. The molecular formula is C31H36F3N9O4. The standard InChI is InChI=1S/C31H36F3N9O4/c1-5-17-24(41-8-9-42(19-7-6-18(19)41)28(47)23-25(45)16(2)36-15-37-23)26(46)22-27(35-10-20(38-22)40(3)4)43(17)11-21(44)39-30-12-29(13-30,14-30)31(32,33)34/h10,15,18-19,45H,5-9,11-14H2,1-4H3,(H,39,44)/t18-,19-,29?,30?/m0/s1. The van der Waals surface area contributed by atoms with E-state index in [9.17, 15) is 32.7 Å². The minimum absolute atomic E-state index is 0.0683. The lowest BCUT2D eigenvalue weighted by Crippen LogP contribution is -2.78. The molecule has 4 saturated carbocycles. The Morgan fingerprint density at radius 1 is 1.11 bits per heavy atom. The molecule has 4 aliphatic carbocycles. The van der Waals surface area contributed by atoms with E-state index in [2.05, 4.69) is 25.3 Å². The molecule has 250 valence electrons. The average Bonchev–Trinajstić information content (AvgIpc) is 2.95. The molecule has 2 amide bonds. The lowest BCUT2D eigenvalue weighted by molar-refractivity contribution is -0.337. The second-order valence-electron chi connectivity index (χ2n) is 13.6. The number of fused-ring (bicyclic) bond motifs is 2. The highest BCUT2D eigenvalue weighted by Crippen LogP contribution is 2.73. The van der Waals surface area contributed by atoms with Crippen molar-refractivity contribution in [3.05, 3.63) is 39.8 Å². The number of pyridine rings is 1. The summed E-state index contributed by atoms with van der Waals surface area (Å²) in [4.78, 5) is 63.9. The lowest BCUT2D eigenvalue weighted by atomic mass is 9.39. The zero-order chi connectivity index (χ0) is 33.6. The second kappa shape index (κ2) is 10.5. The van der Waals surface area contributed by atoms with Crippen LogP contribution >= 0.6 is 0 Å². The number of hydrogen-bond acceptors (Lipinski definition) is 10. The fraction of sp³-hybridized carbons (Fsp3) is 0.581. The van der Waals surface area contributed by atoms with Gasteiger partial charge in [0.1, 0.15) is 24.4 Å². The maximum atomic E-state index is 14.3. The van der Waals surface area contributed by atoms with Crippen molar-refractivity contribution in [1.29, 1.82) is 0 Å². The number of nitrogens with zero attached hydrogens (tertiary/aromatic N) is 8. The minimum atomic E-state index is -4.29. The van der Waals surface area contributed by atoms with Gasteiger partial charge >= 0.3 is 6.18 Å². The zero-order valence-corrected chi connectivity index (χ0v) is 26.6. The molecule has 0 aromatic carbocycles. The number of alkyl halides is 3. The predicted molar refractivity (Wildman–Crippen MR) is 164 cm³/mol. The first kappa shape index (κ1) is 31.1. The molecule has 1 aliphatic heterocycles. The molecule has 5 fully saturated rings. The lowest BCUT2D eigenvalue weighted by Gasteiger charge is -2.70. The molecule has 47 heavy (non-hydrogen) atoms. The van der Waals surface area contributed by atoms with Crippen molar-refractivity contribution in [3.8, 4) is 5.75 Å². The Morgan fingerprint density at radius 3 is 2.43 bits per heavy atom. The third kappa shape index (κ3) is 4.61. The Morgan fingerprint density at radius 2 is 1.81 bits per heavy atom. The van der Waals surface area contributed by atoms with Crippen LogP contribution < -0.4 is 20.5 Å². The summed E-state index contributed by atoms with van der Waals surface area (Å²) in [6, 6.07) is -0.452. The first-order valence-electron chi connectivity index (χ1n) is 15.7. The maximum absolute atomic E-state index is 14.3. The number of hydrogen-bond donors (Lipinski definition) is 2. The van der Waals surface area contributed by atoms with Crippen LogP contribution in [0.1, 0.15) is 60.9 Å². The van der Waals surface area contributed by atoms with Gasteiger partial charge < -0.3 is 29.7 Å². The molecule has 4 heterocycles. The van der Waals surface area contributed by atoms with Crippen LogP contribution in [0.4, 0.5) is 24.7 Å². The summed E-state index contributed by atoms with van der Waals surface area (Å²) in [5, 5.41) is 13.3. The van der Waals surface area contributed by atoms with Gasteiger partial charge in [0.05, 0.1) is 23.3 Å². The molecule has 2 atom stereocenters. The van der Waals surface area contributed by atoms with Gasteiger partial charge in [-0.05, 0) is 45.4 Å². The Balaban J connectivity index is 1.23. The van der Waals surface area contributed by atoms with Crippen molar-refractivity contribution >= 4 is 34.5 Å². The van der Waals surface area contributed by atoms with Gasteiger partial charge in [0.15, 0.2) is 22.6 Å². The van der Waals surface area contributed by atoms with Gasteiger partial charge in [-0.3, -0.25) is 14.4 Å². The summed E-state index contributed by atoms with van der Waals surface area (Å²) < 4.78 is 42.0. The van der Waals surface area contributed by atoms with Crippen molar-refractivity contribution in [3.63, 3.8) is 0 Å². The van der Waals surface area contributed by atoms with Crippen LogP contribution in [0.2, 0.25) is 0 Å². The highest BCUT2D eigenvalue weighted by molar-refractivity contribution is 5.95. The monoisotopic (exact) mass is 655 g/mol. The number of aryl methyl sites for hydroxylation is 1. The number of nitrogens with one attached hydrogen (secondary N) is 1.